The molecular formula is C37H56N2O2S. The molecule has 0 radical (unpaired) electrons. The Morgan fingerprint density at radius 3 is 2.17 bits per heavy atom. The SMILES string of the molecule is CCCCCCCCCCCCCCOc1cc(CC(=O)Nc2cccc(CN3CSC=C3C)c2)ccc1C(C)(C)C. The summed E-state index contributed by atoms with van der Waals surface area (Å²) in [5, 5.41) is 5.31. The van der Waals surface area contributed by atoms with Crippen LogP contribution in [0.25, 0.3) is 0 Å². The van der Waals surface area contributed by atoms with Gasteiger partial charge in [-0.25, -0.2) is 0 Å². The van der Waals surface area contributed by atoms with Gasteiger partial charge in [-0.3, -0.25) is 4.79 Å². The summed E-state index contributed by atoms with van der Waals surface area (Å²) in [5.41, 5.74) is 5.50. The number of amides is 1. The highest BCUT2D eigenvalue weighted by Crippen LogP contribution is 2.33. The number of thioether (sulfide) groups is 1. The topological polar surface area (TPSA) is 41.6 Å². The molecule has 2 aromatic carbocycles. The minimum absolute atomic E-state index is 0.00428. The van der Waals surface area contributed by atoms with Crippen LogP contribution in [0.3, 0.4) is 0 Å². The Labute approximate surface area is 261 Å². The summed E-state index contributed by atoms with van der Waals surface area (Å²) in [6, 6.07) is 14.5. The first-order valence-corrected chi connectivity index (χ1v) is 17.5. The number of nitrogens with zero attached hydrogens (tertiary/aromatic N) is 1. The monoisotopic (exact) mass is 592 g/mol. The third-order valence-electron chi connectivity index (χ3n) is 8.04. The van der Waals surface area contributed by atoms with E-state index in [-0.39, 0.29) is 11.3 Å². The number of nitrogens with one attached hydrogen (secondary N) is 1. The Balaban J connectivity index is 1.43. The first-order valence-electron chi connectivity index (χ1n) is 16.4. The van der Waals surface area contributed by atoms with Gasteiger partial charge in [0.05, 0.1) is 18.9 Å². The van der Waals surface area contributed by atoms with E-state index in [2.05, 4.69) is 80.6 Å². The van der Waals surface area contributed by atoms with Gasteiger partial charge < -0.3 is 15.0 Å². The first-order chi connectivity index (χ1) is 20.3. The highest BCUT2D eigenvalue weighted by atomic mass is 32.2. The minimum atomic E-state index is -0.0194. The molecule has 3 rings (SSSR count). The fourth-order valence-electron chi connectivity index (χ4n) is 5.49. The van der Waals surface area contributed by atoms with Crippen molar-refractivity contribution in [2.45, 2.75) is 130 Å². The molecule has 42 heavy (non-hydrogen) atoms. The van der Waals surface area contributed by atoms with Crippen LogP contribution < -0.4 is 10.1 Å². The summed E-state index contributed by atoms with van der Waals surface area (Å²) in [6.45, 7) is 12.7. The van der Waals surface area contributed by atoms with Crippen molar-refractivity contribution in [3.8, 4) is 5.75 Å². The van der Waals surface area contributed by atoms with E-state index in [1.165, 1.54) is 87.5 Å². The Bertz CT molecular complexity index is 1120. The molecule has 1 amide bonds. The molecule has 0 atom stereocenters. The summed E-state index contributed by atoms with van der Waals surface area (Å²) in [6.07, 6.45) is 16.4. The number of allylic oxidation sites excluding steroid dienone is 1. The third-order valence-corrected chi connectivity index (χ3v) is 9.01. The van der Waals surface area contributed by atoms with Crippen LogP contribution in [-0.2, 0) is 23.2 Å². The maximum Gasteiger partial charge on any atom is 0.228 e. The number of unbranched alkanes of at least 4 members (excludes halogenated alkanes) is 11. The van der Waals surface area contributed by atoms with Gasteiger partial charge in [0.25, 0.3) is 0 Å². The van der Waals surface area contributed by atoms with Crippen LogP contribution in [-0.4, -0.2) is 23.3 Å². The zero-order valence-corrected chi connectivity index (χ0v) is 27.9. The van der Waals surface area contributed by atoms with E-state index in [4.69, 9.17) is 4.74 Å². The summed E-state index contributed by atoms with van der Waals surface area (Å²) in [7, 11) is 0. The van der Waals surface area contributed by atoms with Gasteiger partial charge in [-0.1, -0.05) is 123 Å². The van der Waals surface area contributed by atoms with Crippen LogP contribution in [0, 0.1) is 0 Å². The maximum absolute atomic E-state index is 13.0. The zero-order valence-electron chi connectivity index (χ0n) is 27.1. The molecule has 232 valence electrons. The second-order valence-electron chi connectivity index (χ2n) is 13.0. The predicted molar refractivity (Wildman–Crippen MR) is 182 cm³/mol. The molecule has 0 saturated heterocycles. The fourth-order valence-corrected chi connectivity index (χ4v) is 6.43. The smallest absolute Gasteiger partial charge is 0.228 e. The third kappa shape index (κ3) is 12.5. The fraction of sp³-hybridized carbons (Fsp3) is 0.595. The summed E-state index contributed by atoms with van der Waals surface area (Å²) in [4.78, 5) is 15.3. The van der Waals surface area contributed by atoms with Crippen molar-refractivity contribution in [3.63, 3.8) is 0 Å². The molecule has 5 heteroatoms. The minimum Gasteiger partial charge on any atom is -0.493 e. The molecular weight excluding hydrogens is 536 g/mol. The van der Waals surface area contributed by atoms with Gasteiger partial charge in [0.2, 0.25) is 5.91 Å². The molecule has 0 aliphatic carbocycles. The number of ether oxygens (including phenoxy) is 1. The average molecular weight is 593 g/mol. The summed E-state index contributed by atoms with van der Waals surface area (Å²) in [5.74, 6) is 1.90. The van der Waals surface area contributed by atoms with Crippen molar-refractivity contribution in [2.75, 3.05) is 17.8 Å². The van der Waals surface area contributed by atoms with Gasteiger partial charge in [-0.15, -0.1) is 11.8 Å². The molecule has 4 nitrogen and oxygen atoms in total. The summed E-state index contributed by atoms with van der Waals surface area (Å²) >= 11 is 1.83. The second-order valence-corrected chi connectivity index (χ2v) is 13.8. The van der Waals surface area contributed by atoms with E-state index in [9.17, 15) is 4.79 Å². The Morgan fingerprint density at radius 1 is 0.881 bits per heavy atom. The molecule has 0 aromatic heterocycles. The van der Waals surface area contributed by atoms with E-state index in [1.54, 1.807) is 0 Å². The van der Waals surface area contributed by atoms with Gasteiger partial charge in [-0.2, -0.15) is 0 Å². The van der Waals surface area contributed by atoms with Crippen LogP contribution in [0.15, 0.2) is 53.6 Å². The number of rotatable bonds is 19. The first kappa shape index (κ1) is 34.1. The van der Waals surface area contributed by atoms with E-state index < -0.39 is 0 Å². The number of hydrogen-bond acceptors (Lipinski definition) is 4. The molecule has 2 aromatic rings. The van der Waals surface area contributed by atoms with Gasteiger partial charge in [0.1, 0.15) is 5.75 Å². The maximum atomic E-state index is 13.0. The Morgan fingerprint density at radius 2 is 1.55 bits per heavy atom. The molecule has 1 N–H and O–H groups in total. The van der Waals surface area contributed by atoms with Gasteiger partial charge in [0.15, 0.2) is 0 Å². The molecule has 1 heterocycles. The van der Waals surface area contributed by atoms with Crippen molar-refractivity contribution in [2.24, 2.45) is 0 Å². The Hall–Kier alpha value is -2.40. The van der Waals surface area contributed by atoms with Crippen LogP contribution in [0.5, 0.6) is 5.75 Å². The van der Waals surface area contributed by atoms with Gasteiger partial charge >= 0.3 is 0 Å². The second kappa shape index (κ2) is 18.3. The summed E-state index contributed by atoms with van der Waals surface area (Å²) < 4.78 is 6.34. The van der Waals surface area contributed by atoms with E-state index in [0.717, 1.165) is 42.4 Å². The lowest BCUT2D eigenvalue weighted by atomic mass is 9.85. The number of carbonyl (C=O) groups is 1. The number of anilines is 1. The molecule has 0 unspecified atom stereocenters. The highest BCUT2D eigenvalue weighted by molar-refractivity contribution is 8.02. The van der Waals surface area contributed by atoms with Gasteiger partial charge in [-0.05, 0) is 59.1 Å². The molecule has 1 aliphatic heterocycles. The number of benzene rings is 2. The van der Waals surface area contributed by atoms with Crippen molar-refractivity contribution in [1.29, 1.82) is 0 Å². The van der Waals surface area contributed by atoms with Crippen molar-refractivity contribution < 1.29 is 9.53 Å². The highest BCUT2D eigenvalue weighted by Gasteiger charge is 2.20. The Kier molecular flexibility index (Phi) is 14.9. The quantitative estimate of drug-likeness (QED) is 0.165. The lowest BCUT2D eigenvalue weighted by Gasteiger charge is -2.23. The lowest BCUT2D eigenvalue weighted by molar-refractivity contribution is -0.115. The van der Waals surface area contributed by atoms with Gasteiger partial charge in [0, 0.05) is 17.9 Å². The van der Waals surface area contributed by atoms with E-state index in [0.29, 0.717) is 6.42 Å². The largest absolute Gasteiger partial charge is 0.493 e. The van der Waals surface area contributed by atoms with E-state index in [1.807, 2.05) is 23.9 Å². The number of carbonyl (C=O) groups excluding carboxylic acids is 1. The average Bonchev–Trinajstić information content (AvgIpc) is 3.34. The standard InChI is InChI=1S/C37H56N2O2S/c1-6-7-8-9-10-11-12-13-14-15-16-17-23-41-35-25-31(21-22-34(35)37(3,4)5)26-36(40)38-33-20-18-19-32(24-33)27-39-29-42-28-30(39)2/h18-22,24-25,28H,6-17,23,26-27,29H2,1-5H3,(H,38,40). The van der Waals surface area contributed by atoms with Crippen LogP contribution in [0.4, 0.5) is 5.69 Å². The van der Waals surface area contributed by atoms with Crippen molar-refractivity contribution >= 4 is 23.4 Å². The number of hydrogen-bond donors (Lipinski definition) is 1. The predicted octanol–water partition coefficient (Wildman–Crippen LogP) is 10.6. The molecule has 0 spiro atoms. The molecule has 0 fully saturated rings. The van der Waals surface area contributed by atoms with Crippen LogP contribution in [0.2, 0.25) is 0 Å². The zero-order chi connectivity index (χ0) is 30.2. The normalized spacial score (nSPS) is 13.4. The van der Waals surface area contributed by atoms with Crippen LogP contribution >= 0.6 is 11.8 Å². The molecule has 0 bridgehead atoms. The lowest BCUT2D eigenvalue weighted by Crippen LogP contribution is -2.18. The van der Waals surface area contributed by atoms with E-state index >= 15 is 0 Å². The van der Waals surface area contributed by atoms with Crippen molar-refractivity contribution in [1.82, 2.24) is 4.90 Å². The van der Waals surface area contributed by atoms with Crippen molar-refractivity contribution in [3.05, 3.63) is 70.3 Å². The van der Waals surface area contributed by atoms with Crippen LogP contribution in [0.1, 0.15) is 128 Å². The molecule has 1 aliphatic rings. The molecule has 0 saturated carbocycles.